The first-order valence-electron chi connectivity index (χ1n) is 28.5. The van der Waals surface area contributed by atoms with E-state index in [-0.39, 0.29) is 146 Å². The van der Waals surface area contributed by atoms with E-state index in [2.05, 4.69) is 36.6 Å². The zero-order valence-corrected chi connectivity index (χ0v) is 47.9. The number of tetrazole rings is 1. The SMILES string of the molecule is CC(=O)[C@@H](C)CCCCNC(=O)CC[C@H](NC(=O)CC[C@H](CC(=O)COCCOCCNC(=O)COCCOCCCC(=O)CCCS(=O)(=O)CC(=O)CCCCCCCCCCCCCCCc1nn[nH]n1)C(=O)O)C(=O)O.[HH]. The zero-order chi connectivity index (χ0) is 58.4. The highest BCUT2D eigenvalue weighted by Crippen LogP contribution is 2.16. The lowest BCUT2D eigenvalue weighted by Gasteiger charge is -2.16. The quantitative estimate of drug-likeness (QED) is 0.0465. The fraction of sp³-hybridized carbons (Fsp3) is 0.815. The number of ether oxygens (including phenoxy) is 4. The molecule has 25 heteroatoms. The number of ketones is 4. The Morgan fingerprint density at radius 3 is 1.75 bits per heavy atom. The molecule has 1 aromatic heterocycles. The number of H-pyrrole nitrogens is 1. The fourth-order valence-corrected chi connectivity index (χ4v) is 9.53. The number of carboxylic acids is 2. The Balaban J connectivity index is 0.0000624. The van der Waals surface area contributed by atoms with Crippen molar-refractivity contribution in [2.75, 3.05) is 77.5 Å². The van der Waals surface area contributed by atoms with Crippen molar-refractivity contribution in [1.82, 2.24) is 36.6 Å². The van der Waals surface area contributed by atoms with Gasteiger partial charge in [0.25, 0.3) is 0 Å². The van der Waals surface area contributed by atoms with Crippen molar-refractivity contribution in [1.29, 1.82) is 0 Å². The molecule has 0 aliphatic carbocycles. The molecular weight excluding hydrogens is 1050 g/mol. The molecule has 3 atom stereocenters. The predicted molar refractivity (Wildman–Crippen MR) is 294 cm³/mol. The monoisotopic (exact) mass is 1150 g/mol. The number of sulfone groups is 1. The van der Waals surface area contributed by atoms with Crippen LogP contribution in [0.1, 0.15) is 188 Å². The van der Waals surface area contributed by atoms with Gasteiger partial charge in [-0.25, -0.2) is 13.2 Å². The van der Waals surface area contributed by atoms with Crippen molar-refractivity contribution in [2.45, 2.75) is 193 Å². The number of rotatable bonds is 56. The Kier molecular flexibility index (Phi) is 42.4. The van der Waals surface area contributed by atoms with E-state index in [1.807, 2.05) is 6.92 Å². The summed E-state index contributed by atoms with van der Waals surface area (Å²) in [5, 5.41) is 40.7. The Hall–Kier alpha value is -5.11. The third-order valence-corrected chi connectivity index (χ3v) is 14.7. The standard InChI is InChI=1S/C54H93N7O17S.H2/c1-42(43(2)62)20-16-17-29-55-50(66)28-26-48(54(71)72)57-51(67)27-25-44(53(69)70)38-47(65)39-77-35-34-76-32-30-56-52(68)40-78-36-33-75-31-18-22-45(63)23-19-37-79(73,74)41-46(64)21-14-12-10-8-6-4-3-5-7-9-11-13-15-24-49-58-60-61-59-49;/h42,44,48H,3-41H2,1-2H3,(H,55,66)(H,56,68)(H,57,67)(H,69,70)(H,71,72)(H,58,59,60,61);1H/t42-,44+,48-;/m0./s1. The molecule has 0 saturated carbocycles. The van der Waals surface area contributed by atoms with E-state index in [9.17, 15) is 61.8 Å². The summed E-state index contributed by atoms with van der Waals surface area (Å²) in [5.41, 5.74) is 0. The normalized spacial score (nSPS) is 12.6. The minimum Gasteiger partial charge on any atom is -0.481 e. The van der Waals surface area contributed by atoms with Gasteiger partial charge < -0.3 is 45.1 Å². The van der Waals surface area contributed by atoms with Gasteiger partial charge in [-0.2, -0.15) is 5.21 Å². The molecule has 454 valence electrons. The molecule has 1 rings (SSSR count). The number of unbranched alkanes of at least 4 members (excludes halogenated alkanes) is 13. The summed E-state index contributed by atoms with van der Waals surface area (Å²) in [6, 6.07) is -1.37. The molecular formula is C54H95N7O17S. The van der Waals surface area contributed by atoms with Crippen molar-refractivity contribution in [3.8, 4) is 0 Å². The van der Waals surface area contributed by atoms with E-state index in [1.54, 1.807) is 0 Å². The second-order valence-corrected chi connectivity index (χ2v) is 22.3. The lowest BCUT2D eigenvalue weighted by molar-refractivity contribution is -0.145. The van der Waals surface area contributed by atoms with Crippen molar-refractivity contribution in [2.24, 2.45) is 11.8 Å². The summed E-state index contributed by atoms with van der Waals surface area (Å²) >= 11 is 0. The molecule has 0 aromatic carbocycles. The van der Waals surface area contributed by atoms with Gasteiger partial charge in [0, 0.05) is 72.0 Å². The third-order valence-electron chi connectivity index (χ3n) is 13.0. The Morgan fingerprint density at radius 2 is 1.13 bits per heavy atom. The molecule has 0 spiro atoms. The second-order valence-electron chi connectivity index (χ2n) is 20.2. The van der Waals surface area contributed by atoms with Gasteiger partial charge in [0.2, 0.25) is 17.7 Å². The van der Waals surface area contributed by atoms with Crippen LogP contribution in [0.2, 0.25) is 0 Å². The van der Waals surface area contributed by atoms with E-state index in [0.717, 1.165) is 44.3 Å². The molecule has 24 nitrogen and oxygen atoms in total. The van der Waals surface area contributed by atoms with Crippen LogP contribution >= 0.6 is 0 Å². The first kappa shape index (κ1) is 71.9. The number of amides is 3. The average Bonchev–Trinajstić information content (AvgIpc) is 3.92. The highest BCUT2D eigenvalue weighted by atomic mass is 32.2. The molecule has 0 radical (unpaired) electrons. The van der Waals surface area contributed by atoms with Crippen LogP contribution < -0.4 is 16.0 Å². The molecule has 1 heterocycles. The number of hydrogen-bond acceptors (Lipinski definition) is 18. The van der Waals surface area contributed by atoms with Crippen LogP contribution in [0.4, 0.5) is 0 Å². The van der Waals surface area contributed by atoms with E-state index >= 15 is 0 Å². The highest BCUT2D eigenvalue weighted by molar-refractivity contribution is 7.92. The fourth-order valence-electron chi connectivity index (χ4n) is 8.16. The molecule has 1 aromatic rings. The Bertz CT molecular complexity index is 2020. The molecule has 0 aliphatic heterocycles. The molecule has 0 aliphatic rings. The number of Topliss-reactive ketones (excluding diaryl/α,β-unsaturated/α-hetero) is 4. The van der Waals surface area contributed by atoms with Gasteiger partial charge in [-0.05, 0) is 58.3 Å². The first-order valence-corrected chi connectivity index (χ1v) is 30.3. The largest absolute Gasteiger partial charge is 0.481 e. The number of carbonyl (C=O) groups is 9. The van der Waals surface area contributed by atoms with Gasteiger partial charge in [0.05, 0.1) is 44.7 Å². The van der Waals surface area contributed by atoms with Gasteiger partial charge in [0.15, 0.2) is 21.4 Å². The lowest BCUT2D eigenvalue weighted by Crippen LogP contribution is -2.42. The minimum absolute atomic E-state index is 0. The summed E-state index contributed by atoms with van der Waals surface area (Å²) in [4.78, 5) is 108. The number of aryl methyl sites for hydroxylation is 1. The molecule has 3 amide bonds. The number of nitrogens with one attached hydrogen (secondary N) is 4. The number of nitrogens with zero attached hydrogens (tertiary/aromatic N) is 3. The van der Waals surface area contributed by atoms with Crippen LogP contribution in [-0.2, 0) is 78.4 Å². The Morgan fingerprint density at radius 1 is 0.557 bits per heavy atom. The predicted octanol–water partition coefficient (Wildman–Crippen LogP) is 5.05. The maximum atomic E-state index is 12.5. The summed E-state index contributed by atoms with van der Waals surface area (Å²) in [7, 11) is -3.57. The van der Waals surface area contributed by atoms with E-state index < -0.39 is 64.2 Å². The smallest absolute Gasteiger partial charge is 0.326 e. The maximum Gasteiger partial charge on any atom is 0.326 e. The van der Waals surface area contributed by atoms with Crippen molar-refractivity contribution >= 4 is 62.6 Å². The molecule has 0 bridgehead atoms. The van der Waals surface area contributed by atoms with Crippen LogP contribution in [0.15, 0.2) is 0 Å². The van der Waals surface area contributed by atoms with Gasteiger partial charge >= 0.3 is 11.9 Å². The topological polar surface area (TPSA) is 356 Å². The number of carboxylic acid groups (broad SMARTS) is 2. The van der Waals surface area contributed by atoms with Crippen LogP contribution in [0.25, 0.3) is 0 Å². The summed E-state index contributed by atoms with van der Waals surface area (Å²) in [6.07, 6.45) is 17.6. The lowest BCUT2D eigenvalue weighted by atomic mass is 9.97. The second kappa shape index (κ2) is 46.6. The number of aliphatic carboxylic acids is 2. The highest BCUT2D eigenvalue weighted by Gasteiger charge is 2.25. The van der Waals surface area contributed by atoms with Gasteiger partial charge in [0.1, 0.15) is 42.4 Å². The molecule has 0 fully saturated rings. The van der Waals surface area contributed by atoms with E-state index in [0.29, 0.717) is 32.2 Å². The first-order chi connectivity index (χ1) is 37.9. The average molecular weight is 1150 g/mol. The van der Waals surface area contributed by atoms with E-state index in [4.69, 9.17) is 18.9 Å². The number of hydrogen-bond donors (Lipinski definition) is 6. The third kappa shape index (κ3) is 43.4. The number of carbonyl (C=O) groups excluding carboxylic acids is 7. The Labute approximate surface area is 468 Å². The molecule has 6 N–H and O–H groups in total. The van der Waals surface area contributed by atoms with Crippen LogP contribution in [0.5, 0.6) is 0 Å². The van der Waals surface area contributed by atoms with Gasteiger partial charge in [-0.1, -0.05) is 89.2 Å². The van der Waals surface area contributed by atoms with Crippen LogP contribution in [0, 0.1) is 11.8 Å². The number of aromatic nitrogens is 4. The summed E-state index contributed by atoms with van der Waals surface area (Å²) in [5.74, 6) is -6.11. The summed E-state index contributed by atoms with van der Waals surface area (Å²) < 4.78 is 46.3. The van der Waals surface area contributed by atoms with Crippen LogP contribution in [-0.4, -0.2) is 176 Å². The zero-order valence-electron chi connectivity index (χ0n) is 47.1. The van der Waals surface area contributed by atoms with Crippen LogP contribution in [0.3, 0.4) is 0 Å². The van der Waals surface area contributed by atoms with Crippen molar-refractivity contribution < 1.29 is 82.2 Å². The maximum absolute atomic E-state index is 12.5. The summed E-state index contributed by atoms with van der Waals surface area (Å²) in [6.45, 7) is 4.15. The van der Waals surface area contributed by atoms with E-state index in [1.165, 1.54) is 58.3 Å². The van der Waals surface area contributed by atoms with Gasteiger partial charge in [-0.3, -0.25) is 38.4 Å². The molecule has 79 heavy (non-hydrogen) atoms. The molecule has 0 unspecified atom stereocenters. The van der Waals surface area contributed by atoms with Crippen molar-refractivity contribution in [3.63, 3.8) is 0 Å². The minimum atomic E-state index is -3.57. The number of aromatic amines is 1. The van der Waals surface area contributed by atoms with Crippen molar-refractivity contribution in [3.05, 3.63) is 5.82 Å². The molecule has 0 saturated heterocycles. The van der Waals surface area contributed by atoms with Gasteiger partial charge in [-0.15, -0.1) is 10.2 Å².